The van der Waals surface area contributed by atoms with Crippen LogP contribution in [-0.4, -0.2) is 32.2 Å². The summed E-state index contributed by atoms with van der Waals surface area (Å²) in [5.41, 5.74) is 3.31. The number of sulfonamides is 1. The second-order valence-corrected chi connectivity index (χ2v) is 9.68. The van der Waals surface area contributed by atoms with Gasteiger partial charge in [-0.05, 0) is 35.9 Å². The SMILES string of the molecule is CS(=O)(=O)Nc1cc(Cl)cc(NC(=O)c2cc3c(s2)OCCc2cccnc2-3)c1. The number of benzene rings is 1. The lowest BCUT2D eigenvalue weighted by Gasteiger charge is -2.09. The molecular formula is C19H16ClN3O4S2. The molecule has 0 spiro atoms. The van der Waals surface area contributed by atoms with Gasteiger partial charge in [0, 0.05) is 23.3 Å². The first-order chi connectivity index (χ1) is 13.8. The molecule has 0 saturated carbocycles. The maximum Gasteiger partial charge on any atom is 0.265 e. The van der Waals surface area contributed by atoms with Crippen molar-refractivity contribution in [2.24, 2.45) is 0 Å². The lowest BCUT2D eigenvalue weighted by Crippen LogP contribution is -2.12. The molecule has 0 unspecified atom stereocenters. The predicted molar refractivity (Wildman–Crippen MR) is 115 cm³/mol. The van der Waals surface area contributed by atoms with Crippen LogP contribution in [0.3, 0.4) is 0 Å². The molecule has 0 fully saturated rings. The molecule has 7 nitrogen and oxygen atoms in total. The number of nitrogens with one attached hydrogen (secondary N) is 2. The number of pyridine rings is 1. The third-order valence-electron chi connectivity index (χ3n) is 4.13. The van der Waals surface area contributed by atoms with E-state index >= 15 is 0 Å². The van der Waals surface area contributed by atoms with E-state index in [0.29, 0.717) is 22.2 Å². The van der Waals surface area contributed by atoms with Crippen molar-refractivity contribution in [3.8, 4) is 16.3 Å². The van der Waals surface area contributed by atoms with Gasteiger partial charge in [-0.1, -0.05) is 29.0 Å². The molecule has 10 heteroatoms. The number of hydrogen-bond donors (Lipinski definition) is 2. The van der Waals surface area contributed by atoms with E-state index in [9.17, 15) is 13.2 Å². The minimum absolute atomic E-state index is 0.263. The van der Waals surface area contributed by atoms with Crippen LogP contribution < -0.4 is 14.8 Å². The monoisotopic (exact) mass is 449 g/mol. The number of fused-ring (bicyclic) bond motifs is 3. The van der Waals surface area contributed by atoms with Gasteiger partial charge in [0.25, 0.3) is 5.91 Å². The smallest absolute Gasteiger partial charge is 0.265 e. The summed E-state index contributed by atoms with van der Waals surface area (Å²) in [6.45, 7) is 0.516. The molecule has 1 aliphatic rings. The van der Waals surface area contributed by atoms with Crippen LogP contribution in [0.2, 0.25) is 5.02 Å². The van der Waals surface area contributed by atoms with E-state index in [1.807, 2.05) is 12.1 Å². The third-order valence-corrected chi connectivity index (χ3v) is 6.00. The summed E-state index contributed by atoms with van der Waals surface area (Å²) in [7, 11) is -3.47. The van der Waals surface area contributed by atoms with Crippen LogP contribution in [0.1, 0.15) is 15.2 Å². The van der Waals surface area contributed by atoms with Crippen molar-refractivity contribution in [1.82, 2.24) is 4.98 Å². The van der Waals surface area contributed by atoms with Crippen LogP contribution in [0, 0.1) is 0 Å². The Morgan fingerprint density at radius 2 is 2.03 bits per heavy atom. The van der Waals surface area contributed by atoms with Gasteiger partial charge in [-0.25, -0.2) is 8.42 Å². The number of thiophene rings is 1. The molecule has 1 amide bonds. The van der Waals surface area contributed by atoms with Crippen LogP contribution in [0.4, 0.5) is 11.4 Å². The Hall–Kier alpha value is -2.62. The highest BCUT2D eigenvalue weighted by Crippen LogP contribution is 2.41. The molecule has 150 valence electrons. The number of ether oxygens (including phenoxy) is 1. The van der Waals surface area contributed by atoms with Crippen molar-refractivity contribution in [3.05, 3.63) is 58.1 Å². The zero-order valence-electron chi connectivity index (χ0n) is 15.2. The third kappa shape index (κ3) is 4.52. The minimum Gasteiger partial charge on any atom is -0.483 e. The van der Waals surface area contributed by atoms with Crippen molar-refractivity contribution < 1.29 is 17.9 Å². The molecule has 2 aromatic heterocycles. The standard InChI is InChI=1S/C19H16ClN3O4S2/c1-29(25,26)23-14-8-12(20)7-13(9-14)22-18(24)16-10-15-17-11(3-2-5-21-17)4-6-27-19(15)28-16/h2-3,5,7-10,23H,4,6H2,1H3,(H,22,24). The second kappa shape index (κ2) is 7.66. The summed E-state index contributed by atoms with van der Waals surface area (Å²) in [6.07, 6.45) is 3.51. The predicted octanol–water partition coefficient (Wildman–Crippen LogP) is 4.02. The van der Waals surface area contributed by atoms with Crippen LogP contribution >= 0.6 is 22.9 Å². The topological polar surface area (TPSA) is 97.4 Å². The largest absolute Gasteiger partial charge is 0.483 e. The lowest BCUT2D eigenvalue weighted by atomic mass is 10.1. The quantitative estimate of drug-likeness (QED) is 0.626. The molecule has 1 aromatic carbocycles. The highest BCUT2D eigenvalue weighted by Gasteiger charge is 2.22. The Labute approximate surface area is 176 Å². The molecule has 3 heterocycles. The van der Waals surface area contributed by atoms with Gasteiger partial charge in [0.05, 0.1) is 34.7 Å². The highest BCUT2D eigenvalue weighted by molar-refractivity contribution is 7.92. The molecule has 29 heavy (non-hydrogen) atoms. The summed E-state index contributed by atoms with van der Waals surface area (Å²) < 4.78 is 31.0. The number of amides is 1. The molecule has 0 saturated heterocycles. The van der Waals surface area contributed by atoms with Crippen LogP contribution in [-0.2, 0) is 16.4 Å². The molecule has 2 N–H and O–H groups in total. The molecule has 0 aliphatic carbocycles. The number of carbonyl (C=O) groups is 1. The molecule has 0 atom stereocenters. The zero-order chi connectivity index (χ0) is 20.6. The van der Waals surface area contributed by atoms with E-state index in [1.54, 1.807) is 18.3 Å². The van der Waals surface area contributed by atoms with Crippen molar-refractivity contribution in [2.75, 3.05) is 22.9 Å². The van der Waals surface area contributed by atoms with Gasteiger partial charge in [0.2, 0.25) is 10.0 Å². The highest BCUT2D eigenvalue weighted by atomic mass is 35.5. The van der Waals surface area contributed by atoms with Crippen molar-refractivity contribution in [3.63, 3.8) is 0 Å². The van der Waals surface area contributed by atoms with Gasteiger partial charge in [0.1, 0.15) is 0 Å². The lowest BCUT2D eigenvalue weighted by molar-refractivity contribution is 0.103. The Morgan fingerprint density at radius 1 is 1.24 bits per heavy atom. The Morgan fingerprint density at radius 3 is 2.83 bits per heavy atom. The first-order valence-electron chi connectivity index (χ1n) is 8.59. The Kier molecular flexibility index (Phi) is 5.20. The summed E-state index contributed by atoms with van der Waals surface area (Å²) in [5.74, 6) is -0.350. The molecule has 0 bridgehead atoms. The Bertz CT molecular complexity index is 1210. The molecule has 0 radical (unpaired) electrons. The fraction of sp³-hybridized carbons (Fsp3) is 0.158. The minimum atomic E-state index is -3.47. The van der Waals surface area contributed by atoms with Gasteiger partial charge in [-0.2, -0.15) is 0 Å². The zero-order valence-corrected chi connectivity index (χ0v) is 17.6. The van der Waals surface area contributed by atoms with E-state index < -0.39 is 10.0 Å². The summed E-state index contributed by atoms with van der Waals surface area (Å²) >= 11 is 7.29. The fourth-order valence-electron chi connectivity index (χ4n) is 3.02. The summed E-state index contributed by atoms with van der Waals surface area (Å²) in [4.78, 5) is 17.7. The number of hydrogen-bond acceptors (Lipinski definition) is 6. The maximum atomic E-state index is 12.8. The van der Waals surface area contributed by atoms with Gasteiger partial charge >= 0.3 is 0 Å². The van der Waals surface area contributed by atoms with Crippen LogP contribution in [0.5, 0.6) is 5.06 Å². The van der Waals surface area contributed by atoms with Gasteiger partial charge in [0.15, 0.2) is 5.06 Å². The normalized spacial score (nSPS) is 12.9. The first kappa shape index (κ1) is 19.7. The number of aromatic nitrogens is 1. The van der Waals surface area contributed by atoms with E-state index in [1.165, 1.54) is 23.5 Å². The van der Waals surface area contributed by atoms with Crippen LogP contribution in [0.25, 0.3) is 11.3 Å². The van der Waals surface area contributed by atoms with Crippen LogP contribution in [0.15, 0.2) is 42.6 Å². The van der Waals surface area contributed by atoms with Crippen molar-refractivity contribution in [2.45, 2.75) is 6.42 Å². The first-order valence-corrected chi connectivity index (χ1v) is 11.7. The molecule has 4 rings (SSSR count). The molecule has 3 aromatic rings. The number of nitrogens with zero attached hydrogens (tertiary/aromatic N) is 1. The van der Waals surface area contributed by atoms with E-state index in [2.05, 4.69) is 15.0 Å². The fourth-order valence-corrected chi connectivity index (χ4v) is 4.73. The molecular weight excluding hydrogens is 434 g/mol. The van der Waals surface area contributed by atoms with Gasteiger partial charge in [-0.3, -0.25) is 14.5 Å². The number of carbonyl (C=O) groups excluding carboxylic acids is 1. The number of halogens is 1. The van der Waals surface area contributed by atoms with E-state index in [4.69, 9.17) is 16.3 Å². The summed E-state index contributed by atoms with van der Waals surface area (Å²) in [5, 5.41) is 3.69. The van der Waals surface area contributed by atoms with E-state index in [-0.39, 0.29) is 16.6 Å². The average Bonchev–Trinajstić information content (AvgIpc) is 2.97. The van der Waals surface area contributed by atoms with Crippen molar-refractivity contribution >= 4 is 50.2 Å². The second-order valence-electron chi connectivity index (χ2n) is 6.48. The average molecular weight is 450 g/mol. The Balaban J connectivity index is 1.62. The number of anilines is 2. The van der Waals surface area contributed by atoms with E-state index in [0.717, 1.165) is 29.5 Å². The number of rotatable bonds is 4. The van der Waals surface area contributed by atoms with Crippen molar-refractivity contribution in [1.29, 1.82) is 0 Å². The van der Waals surface area contributed by atoms with Gasteiger partial charge < -0.3 is 10.1 Å². The van der Waals surface area contributed by atoms with Gasteiger partial charge in [-0.15, -0.1) is 0 Å². The molecule has 1 aliphatic heterocycles. The maximum absolute atomic E-state index is 12.8. The summed E-state index contributed by atoms with van der Waals surface area (Å²) in [6, 6.07) is 10.1.